The van der Waals surface area contributed by atoms with Crippen molar-refractivity contribution < 1.29 is 4.79 Å². The number of ketones is 1. The summed E-state index contributed by atoms with van der Waals surface area (Å²) in [7, 11) is 0. The van der Waals surface area contributed by atoms with E-state index in [4.69, 9.17) is 0 Å². The molecule has 0 amide bonds. The summed E-state index contributed by atoms with van der Waals surface area (Å²) in [6.07, 6.45) is 9.48. The van der Waals surface area contributed by atoms with E-state index < -0.39 is 0 Å². The first-order valence-electron chi connectivity index (χ1n) is 6.59. The number of nitrogens with one attached hydrogen (secondary N) is 1. The zero-order chi connectivity index (χ0) is 10.5. The Hall–Kier alpha value is -0.370. The molecule has 1 heterocycles. The van der Waals surface area contributed by atoms with Gasteiger partial charge >= 0.3 is 0 Å². The molecule has 86 valence electrons. The third-order valence-corrected chi connectivity index (χ3v) is 4.00. The maximum atomic E-state index is 12.0. The van der Waals surface area contributed by atoms with Crippen molar-refractivity contribution in [2.24, 2.45) is 11.8 Å². The molecule has 2 heteroatoms. The average molecular weight is 209 g/mol. The van der Waals surface area contributed by atoms with Crippen molar-refractivity contribution in [3.05, 3.63) is 0 Å². The third-order valence-electron chi connectivity index (χ3n) is 4.00. The van der Waals surface area contributed by atoms with E-state index in [9.17, 15) is 4.79 Å². The largest absolute Gasteiger partial charge is 0.317 e. The van der Waals surface area contributed by atoms with Crippen molar-refractivity contribution in [1.29, 1.82) is 0 Å². The average Bonchev–Trinajstić information content (AvgIpc) is 2.65. The fourth-order valence-corrected chi connectivity index (χ4v) is 2.99. The first kappa shape index (κ1) is 11.1. The monoisotopic (exact) mass is 209 g/mol. The minimum Gasteiger partial charge on any atom is -0.317 e. The van der Waals surface area contributed by atoms with E-state index in [1.165, 1.54) is 44.9 Å². The number of Topliss-reactive ketones (excluding diaryl/α,β-unsaturated/α-hetero) is 1. The standard InChI is InChI=1S/C13H23NO/c15-13(12-5-1-2-6-12)10-11-4-3-8-14-9-7-11/h11-12,14H,1-10H2. The van der Waals surface area contributed by atoms with E-state index in [0.717, 1.165) is 19.5 Å². The summed E-state index contributed by atoms with van der Waals surface area (Å²) in [5.74, 6) is 1.67. The molecule has 1 aliphatic carbocycles. The second-order valence-electron chi connectivity index (χ2n) is 5.20. The van der Waals surface area contributed by atoms with Crippen molar-refractivity contribution in [3.63, 3.8) is 0 Å². The fourth-order valence-electron chi connectivity index (χ4n) is 2.99. The molecule has 15 heavy (non-hydrogen) atoms. The van der Waals surface area contributed by atoms with Crippen molar-refractivity contribution in [1.82, 2.24) is 5.32 Å². The van der Waals surface area contributed by atoms with Gasteiger partial charge in [-0.15, -0.1) is 0 Å². The van der Waals surface area contributed by atoms with Crippen LogP contribution in [0.1, 0.15) is 51.4 Å². The molecule has 2 rings (SSSR count). The second-order valence-corrected chi connectivity index (χ2v) is 5.20. The van der Waals surface area contributed by atoms with E-state index >= 15 is 0 Å². The highest BCUT2D eigenvalue weighted by Gasteiger charge is 2.25. The Morgan fingerprint density at radius 2 is 1.80 bits per heavy atom. The van der Waals surface area contributed by atoms with Gasteiger partial charge in [-0.25, -0.2) is 0 Å². The summed E-state index contributed by atoms with van der Waals surface area (Å²) < 4.78 is 0. The Kier molecular flexibility index (Phi) is 4.18. The van der Waals surface area contributed by atoms with Crippen LogP contribution in [-0.4, -0.2) is 18.9 Å². The Morgan fingerprint density at radius 3 is 2.60 bits per heavy atom. The molecule has 1 saturated carbocycles. The van der Waals surface area contributed by atoms with Crippen molar-refractivity contribution in [2.75, 3.05) is 13.1 Å². The molecule has 1 saturated heterocycles. The maximum absolute atomic E-state index is 12.0. The maximum Gasteiger partial charge on any atom is 0.136 e. The van der Waals surface area contributed by atoms with Crippen LogP contribution >= 0.6 is 0 Å². The molecule has 1 unspecified atom stereocenters. The highest BCUT2D eigenvalue weighted by atomic mass is 16.1. The number of carbonyl (C=O) groups is 1. The van der Waals surface area contributed by atoms with Crippen molar-refractivity contribution >= 4 is 5.78 Å². The summed E-state index contributed by atoms with van der Waals surface area (Å²) in [5, 5.41) is 3.41. The van der Waals surface area contributed by atoms with Gasteiger partial charge in [-0.3, -0.25) is 4.79 Å². The molecule has 0 aromatic rings. The Bertz CT molecular complexity index is 201. The summed E-state index contributed by atoms with van der Waals surface area (Å²) in [6, 6.07) is 0. The van der Waals surface area contributed by atoms with Crippen molar-refractivity contribution in [2.45, 2.75) is 51.4 Å². The number of hydrogen-bond donors (Lipinski definition) is 1. The lowest BCUT2D eigenvalue weighted by atomic mass is 9.89. The molecule has 1 aliphatic heterocycles. The Morgan fingerprint density at radius 1 is 1.00 bits per heavy atom. The van der Waals surface area contributed by atoms with Crippen LogP contribution in [0.4, 0.5) is 0 Å². The zero-order valence-corrected chi connectivity index (χ0v) is 9.63. The SMILES string of the molecule is O=C(CC1CCCNCC1)C1CCCC1. The van der Waals surface area contributed by atoms with Gasteiger partial charge in [0.05, 0.1) is 0 Å². The Labute approximate surface area is 92.8 Å². The summed E-state index contributed by atoms with van der Waals surface area (Å²) in [6.45, 7) is 2.26. The summed E-state index contributed by atoms with van der Waals surface area (Å²) in [4.78, 5) is 12.0. The first-order valence-corrected chi connectivity index (χ1v) is 6.59. The van der Waals surface area contributed by atoms with Gasteiger partial charge in [-0.2, -0.15) is 0 Å². The minimum atomic E-state index is 0.432. The van der Waals surface area contributed by atoms with Gasteiger partial charge in [0.1, 0.15) is 5.78 Å². The molecule has 0 radical (unpaired) electrons. The minimum absolute atomic E-state index is 0.432. The van der Waals surface area contributed by atoms with Crippen LogP contribution in [0.3, 0.4) is 0 Å². The van der Waals surface area contributed by atoms with E-state index in [2.05, 4.69) is 5.32 Å². The van der Waals surface area contributed by atoms with Gasteiger partial charge in [-0.1, -0.05) is 12.8 Å². The third kappa shape index (κ3) is 3.30. The number of carbonyl (C=O) groups excluding carboxylic acids is 1. The molecule has 0 spiro atoms. The van der Waals surface area contributed by atoms with Crippen LogP contribution in [0.25, 0.3) is 0 Å². The molecule has 1 atom stereocenters. The van der Waals surface area contributed by atoms with Gasteiger partial charge in [0, 0.05) is 12.3 Å². The molecule has 0 bridgehead atoms. The molecule has 2 aliphatic rings. The van der Waals surface area contributed by atoms with Crippen molar-refractivity contribution in [3.8, 4) is 0 Å². The van der Waals surface area contributed by atoms with E-state index in [1.54, 1.807) is 0 Å². The predicted octanol–water partition coefficient (Wildman–Crippen LogP) is 2.53. The van der Waals surface area contributed by atoms with Crippen LogP contribution in [0.5, 0.6) is 0 Å². The number of rotatable bonds is 3. The quantitative estimate of drug-likeness (QED) is 0.774. The molecule has 0 aromatic carbocycles. The topological polar surface area (TPSA) is 29.1 Å². The van der Waals surface area contributed by atoms with Gasteiger partial charge in [-0.05, 0) is 51.1 Å². The van der Waals surface area contributed by atoms with E-state index in [-0.39, 0.29) is 0 Å². The molecular weight excluding hydrogens is 186 g/mol. The lowest BCUT2D eigenvalue weighted by Crippen LogP contribution is -2.17. The predicted molar refractivity (Wildman–Crippen MR) is 61.8 cm³/mol. The highest BCUT2D eigenvalue weighted by Crippen LogP contribution is 2.29. The van der Waals surface area contributed by atoms with Gasteiger partial charge in [0.25, 0.3) is 0 Å². The van der Waals surface area contributed by atoms with E-state index in [1.807, 2.05) is 0 Å². The van der Waals surface area contributed by atoms with Gasteiger partial charge in [0.15, 0.2) is 0 Å². The number of hydrogen-bond acceptors (Lipinski definition) is 2. The molecule has 1 N–H and O–H groups in total. The van der Waals surface area contributed by atoms with Crippen LogP contribution in [-0.2, 0) is 4.79 Å². The Balaban J connectivity index is 1.76. The lowest BCUT2D eigenvalue weighted by Gasteiger charge is -2.15. The van der Waals surface area contributed by atoms with Crippen LogP contribution in [0, 0.1) is 11.8 Å². The van der Waals surface area contributed by atoms with Crippen LogP contribution in [0.15, 0.2) is 0 Å². The van der Waals surface area contributed by atoms with Gasteiger partial charge in [0.2, 0.25) is 0 Å². The summed E-state index contributed by atoms with van der Waals surface area (Å²) >= 11 is 0. The molecule has 0 aromatic heterocycles. The van der Waals surface area contributed by atoms with E-state index in [0.29, 0.717) is 17.6 Å². The zero-order valence-electron chi connectivity index (χ0n) is 9.63. The second kappa shape index (κ2) is 5.64. The fraction of sp³-hybridized carbons (Fsp3) is 0.923. The lowest BCUT2D eigenvalue weighted by molar-refractivity contribution is -0.123. The molecule has 2 nitrogen and oxygen atoms in total. The molecule has 2 fully saturated rings. The first-order chi connectivity index (χ1) is 7.36. The summed E-state index contributed by atoms with van der Waals surface area (Å²) in [5.41, 5.74) is 0. The highest BCUT2D eigenvalue weighted by molar-refractivity contribution is 5.81. The normalized spacial score (nSPS) is 28.9. The van der Waals surface area contributed by atoms with Crippen LogP contribution in [0.2, 0.25) is 0 Å². The van der Waals surface area contributed by atoms with Crippen LogP contribution < -0.4 is 5.32 Å². The molecular formula is C13H23NO. The smallest absolute Gasteiger partial charge is 0.136 e. The van der Waals surface area contributed by atoms with Gasteiger partial charge < -0.3 is 5.32 Å².